The Hall–Kier alpha value is -3.31. The highest BCUT2D eigenvalue weighted by Crippen LogP contribution is 2.32. The number of carbonyl (C=O) groups is 1. The molecular formula is C29H35NO4. The van der Waals surface area contributed by atoms with E-state index in [0.29, 0.717) is 19.6 Å². The third-order valence-electron chi connectivity index (χ3n) is 5.75. The van der Waals surface area contributed by atoms with Gasteiger partial charge in [0.15, 0.2) is 0 Å². The zero-order chi connectivity index (χ0) is 24.5. The van der Waals surface area contributed by atoms with Gasteiger partial charge in [-0.3, -0.25) is 4.79 Å². The highest BCUT2D eigenvalue weighted by atomic mass is 16.5. The molecule has 0 unspecified atom stereocenters. The number of benzene rings is 3. The number of hydrogen-bond donors (Lipinski definition) is 1. The van der Waals surface area contributed by atoms with Gasteiger partial charge in [-0.2, -0.15) is 0 Å². The summed E-state index contributed by atoms with van der Waals surface area (Å²) in [4.78, 5) is 12.9. The minimum absolute atomic E-state index is 0.134. The van der Waals surface area contributed by atoms with E-state index >= 15 is 0 Å². The number of ether oxygens (including phenoxy) is 2. The third-order valence-corrected chi connectivity index (χ3v) is 5.75. The fraction of sp³-hybridized carbons (Fsp3) is 0.345. The number of carboxylic acids is 1. The number of likely N-dealkylation sites (N-methyl/N-ethyl adjacent to an activating group) is 1. The van der Waals surface area contributed by atoms with Gasteiger partial charge >= 0.3 is 5.97 Å². The normalized spacial score (nSPS) is 11.0. The molecule has 0 spiro atoms. The van der Waals surface area contributed by atoms with E-state index in [4.69, 9.17) is 14.6 Å². The first kappa shape index (κ1) is 25.3. The van der Waals surface area contributed by atoms with Crippen LogP contribution in [0.15, 0.2) is 60.7 Å². The second-order valence-electron chi connectivity index (χ2n) is 8.81. The van der Waals surface area contributed by atoms with Crippen molar-refractivity contribution in [1.29, 1.82) is 0 Å². The molecule has 0 radical (unpaired) electrons. The van der Waals surface area contributed by atoms with Crippen LogP contribution in [0.25, 0.3) is 11.1 Å². The lowest BCUT2D eigenvalue weighted by atomic mass is 9.92. The molecule has 5 heteroatoms. The first-order valence-electron chi connectivity index (χ1n) is 11.8. The molecule has 3 aromatic carbocycles. The molecule has 0 saturated carbocycles. The number of aliphatic carboxylic acids is 1. The molecule has 0 aliphatic carbocycles. The lowest BCUT2D eigenvalue weighted by Gasteiger charge is -2.17. The molecular weight excluding hydrogens is 426 g/mol. The van der Waals surface area contributed by atoms with Gasteiger partial charge in [-0.1, -0.05) is 37.3 Å². The maximum Gasteiger partial charge on any atom is 0.303 e. The van der Waals surface area contributed by atoms with Crippen molar-refractivity contribution in [3.63, 3.8) is 0 Å². The van der Waals surface area contributed by atoms with Crippen LogP contribution >= 0.6 is 0 Å². The molecule has 0 bridgehead atoms. The minimum Gasteiger partial charge on any atom is -0.492 e. The Morgan fingerprint density at radius 3 is 2.38 bits per heavy atom. The van der Waals surface area contributed by atoms with Gasteiger partial charge in [0.2, 0.25) is 0 Å². The van der Waals surface area contributed by atoms with Crippen molar-refractivity contribution < 1.29 is 19.4 Å². The highest BCUT2D eigenvalue weighted by Gasteiger charge is 2.11. The quantitative estimate of drug-likeness (QED) is 0.372. The monoisotopic (exact) mass is 461 g/mol. The summed E-state index contributed by atoms with van der Waals surface area (Å²) in [6, 6.07) is 20.4. The van der Waals surface area contributed by atoms with Crippen molar-refractivity contribution in [2.75, 3.05) is 27.2 Å². The molecule has 3 rings (SSSR count). The van der Waals surface area contributed by atoms with Gasteiger partial charge in [-0.25, -0.2) is 0 Å². The second kappa shape index (κ2) is 12.2. The topological polar surface area (TPSA) is 59.0 Å². The van der Waals surface area contributed by atoms with Gasteiger partial charge in [-0.15, -0.1) is 0 Å². The van der Waals surface area contributed by atoms with E-state index in [1.165, 1.54) is 22.3 Å². The Balaban J connectivity index is 1.70. The zero-order valence-corrected chi connectivity index (χ0v) is 20.6. The summed E-state index contributed by atoms with van der Waals surface area (Å²) in [5.41, 5.74) is 7.00. The van der Waals surface area contributed by atoms with Crippen LogP contribution < -0.4 is 9.47 Å². The highest BCUT2D eigenvalue weighted by molar-refractivity contribution is 5.72. The number of rotatable bonds is 12. The Bertz CT molecular complexity index is 1090. The smallest absolute Gasteiger partial charge is 0.303 e. The first-order valence-corrected chi connectivity index (χ1v) is 11.8. The predicted molar refractivity (Wildman–Crippen MR) is 137 cm³/mol. The summed E-state index contributed by atoms with van der Waals surface area (Å²) in [6.45, 7) is 6.34. The number of aryl methyl sites for hydroxylation is 3. The van der Waals surface area contributed by atoms with Gasteiger partial charge in [0, 0.05) is 13.0 Å². The van der Waals surface area contributed by atoms with Crippen molar-refractivity contribution in [3.05, 3.63) is 82.9 Å². The average Bonchev–Trinajstić information content (AvgIpc) is 2.81. The fourth-order valence-corrected chi connectivity index (χ4v) is 3.93. The molecule has 34 heavy (non-hydrogen) atoms. The summed E-state index contributed by atoms with van der Waals surface area (Å²) in [7, 11) is 4.09. The van der Waals surface area contributed by atoms with Gasteiger partial charge < -0.3 is 19.5 Å². The molecule has 0 aliphatic heterocycles. The van der Waals surface area contributed by atoms with Crippen LogP contribution in [-0.4, -0.2) is 43.2 Å². The van der Waals surface area contributed by atoms with E-state index in [1.54, 1.807) is 0 Å². The third kappa shape index (κ3) is 7.35. The van der Waals surface area contributed by atoms with Gasteiger partial charge in [0.1, 0.15) is 24.7 Å². The Labute approximate surface area is 203 Å². The molecule has 0 aliphatic rings. The standard InChI is InChI=1S/C29H35NO4/c1-5-24-19-27(33-16-15-30(3)4)17-21(2)29(24)25-8-6-7-23(18-25)20-34-26-12-9-22(10-13-26)11-14-28(31)32/h6-10,12-13,17-19H,5,11,14-16,20H2,1-4H3,(H,31,32). The summed E-state index contributed by atoms with van der Waals surface area (Å²) in [5, 5.41) is 8.83. The van der Waals surface area contributed by atoms with Crippen LogP contribution in [0.1, 0.15) is 35.6 Å². The average molecular weight is 462 g/mol. The van der Waals surface area contributed by atoms with E-state index in [0.717, 1.165) is 35.6 Å². The molecule has 0 atom stereocenters. The van der Waals surface area contributed by atoms with Crippen molar-refractivity contribution in [3.8, 4) is 22.6 Å². The van der Waals surface area contributed by atoms with Crippen LogP contribution in [0.2, 0.25) is 0 Å². The minimum atomic E-state index is -0.784. The number of hydrogen-bond acceptors (Lipinski definition) is 4. The zero-order valence-electron chi connectivity index (χ0n) is 20.6. The van der Waals surface area contributed by atoms with E-state index in [1.807, 2.05) is 38.4 Å². The molecule has 0 saturated heterocycles. The lowest BCUT2D eigenvalue weighted by Crippen LogP contribution is -2.19. The molecule has 0 fully saturated rings. The van der Waals surface area contributed by atoms with E-state index in [-0.39, 0.29) is 6.42 Å². The second-order valence-corrected chi connectivity index (χ2v) is 8.81. The summed E-state index contributed by atoms with van der Waals surface area (Å²) in [5.74, 6) is 0.911. The van der Waals surface area contributed by atoms with Crippen molar-refractivity contribution in [1.82, 2.24) is 4.90 Å². The Morgan fingerprint density at radius 1 is 0.941 bits per heavy atom. The number of nitrogens with zero attached hydrogens (tertiary/aromatic N) is 1. The van der Waals surface area contributed by atoms with Crippen LogP contribution in [0.4, 0.5) is 0 Å². The van der Waals surface area contributed by atoms with Crippen molar-refractivity contribution >= 4 is 5.97 Å². The number of carboxylic acid groups (broad SMARTS) is 1. The van der Waals surface area contributed by atoms with Crippen LogP contribution in [0, 0.1) is 6.92 Å². The first-order chi connectivity index (χ1) is 16.4. The maximum absolute atomic E-state index is 10.7. The van der Waals surface area contributed by atoms with Crippen molar-refractivity contribution in [2.45, 2.75) is 39.7 Å². The molecule has 0 amide bonds. The predicted octanol–water partition coefficient (Wildman–Crippen LogP) is 5.76. The van der Waals surface area contributed by atoms with Gasteiger partial charge in [0.25, 0.3) is 0 Å². The van der Waals surface area contributed by atoms with E-state index < -0.39 is 5.97 Å². The molecule has 0 aromatic heterocycles. The maximum atomic E-state index is 10.7. The fourth-order valence-electron chi connectivity index (χ4n) is 3.93. The van der Waals surface area contributed by atoms with Crippen molar-refractivity contribution in [2.24, 2.45) is 0 Å². The van der Waals surface area contributed by atoms with Crippen LogP contribution in [-0.2, 0) is 24.2 Å². The SMILES string of the molecule is CCc1cc(OCCN(C)C)cc(C)c1-c1cccc(COc2ccc(CCC(=O)O)cc2)c1. The summed E-state index contributed by atoms with van der Waals surface area (Å²) in [6.07, 6.45) is 1.58. The van der Waals surface area contributed by atoms with E-state index in [9.17, 15) is 4.79 Å². The lowest BCUT2D eigenvalue weighted by molar-refractivity contribution is -0.136. The van der Waals surface area contributed by atoms with Crippen LogP contribution in [0.3, 0.4) is 0 Å². The molecule has 5 nitrogen and oxygen atoms in total. The molecule has 180 valence electrons. The molecule has 1 N–H and O–H groups in total. The molecule has 0 heterocycles. The Kier molecular flexibility index (Phi) is 9.11. The van der Waals surface area contributed by atoms with E-state index in [2.05, 4.69) is 55.1 Å². The molecule has 3 aromatic rings. The summed E-state index contributed by atoms with van der Waals surface area (Å²) >= 11 is 0. The van der Waals surface area contributed by atoms with Gasteiger partial charge in [-0.05, 0) is 97.6 Å². The van der Waals surface area contributed by atoms with Gasteiger partial charge in [0.05, 0.1) is 0 Å². The largest absolute Gasteiger partial charge is 0.492 e. The van der Waals surface area contributed by atoms with Crippen LogP contribution in [0.5, 0.6) is 11.5 Å². The summed E-state index contributed by atoms with van der Waals surface area (Å²) < 4.78 is 12.0. The Morgan fingerprint density at radius 2 is 1.71 bits per heavy atom.